The molecule has 2 aromatic carbocycles. The van der Waals surface area contributed by atoms with Crippen molar-refractivity contribution in [1.82, 2.24) is 14.8 Å². The first-order chi connectivity index (χ1) is 14.5. The number of carbonyl (C=O) groups is 3. The van der Waals surface area contributed by atoms with Gasteiger partial charge in [-0.05, 0) is 42.5 Å². The third kappa shape index (κ3) is 4.12. The lowest BCUT2D eigenvalue weighted by atomic mass is 10.1. The molecule has 0 spiro atoms. The van der Waals surface area contributed by atoms with Gasteiger partial charge in [-0.2, -0.15) is 0 Å². The Kier molecular flexibility index (Phi) is 5.38. The zero-order valence-electron chi connectivity index (χ0n) is 16.6. The van der Waals surface area contributed by atoms with Gasteiger partial charge in [0.2, 0.25) is 5.91 Å². The molecule has 154 valence electrons. The summed E-state index contributed by atoms with van der Waals surface area (Å²) >= 11 is 0. The molecule has 1 aliphatic heterocycles. The van der Waals surface area contributed by atoms with Crippen molar-refractivity contribution in [2.24, 2.45) is 7.05 Å². The summed E-state index contributed by atoms with van der Waals surface area (Å²) in [5, 5.41) is 6.40. The van der Waals surface area contributed by atoms with Gasteiger partial charge in [0.1, 0.15) is 5.75 Å². The van der Waals surface area contributed by atoms with Crippen molar-refractivity contribution in [2.75, 3.05) is 31.6 Å². The lowest BCUT2D eigenvalue weighted by molar-refractivity contribution is -0.123. The van der Waals surface area contributed by atoms with Gasteiger partial charge in [0.05, 0.1) is 12.1 Å². The van der Waals surface area contributed by atoms with Crippen LogP contribution in [0.1, 0.15) is 10.4 Å². The topological polar surface area (TPSA) is 92.7 Å². The molecule has 0 atom stereocenters. The summed E-state index contributed by atoms with van der Waals surface area (Å²) in [5.41, 5.74) is 2.06. The van der Waals surface area contributed by atoms with E-state index in [-0.39, 0.29) is 30.9 Å². The molecule has 0 saturated carbocycles. The van der Waals surface area contributed by atoms with Crippen LogP contribution in [0, 0.1) is 0 Å². The van der Waals surface area contributed by atoms with Crippen LogP contribution >= 0.6 is 0 Å². The predicted molar refractivity (Wildman–Crippen MR) is 112 cm³/mol. The third-order valence-corrected chi connectivity index (χ3v) is 4.99. The van der Waals surface area contributed by atoms with E-state index < -0.39 is 0 Å². The van der Waals surface area contributed by atoms with Crippen LogP contribution in [-0.2, 0) is 16.6 Å². The Labute approximate surface area is 173 Å². The highest BCUT2D eigenvalue weighted by molar-refractivity contribution is 5.98. The van der Waals surface area contributed by atoms with Crippen LogP contribution in [0.4, 0.5) is 5.69 Å². The van der Waals surface area contributed by atoms with Crippen LogP contribution in [-0.4, -0.2) is 53.4 Å². The Bertz CT molecular complexity index is 1100. The van der Waals surface area contributed by atoms with Gasteiger partial charge in [-0.15, -0.1) is 0 Å². The summed E-state index contributed by atoms with van der Waals surface area (Å²) in [6.45, 7) is 0.865. The number of rotatable bonds is 5. The molecule has 0 unspecified atom stereocenters. The van der Waals surface area contributed by atoms with Crippen molar-refractivity contribution < 1.29 is 19.1 Å². The summed E-state index contributed by atoms with van der Waals surface area (Å²) in [6, 6.07) is 14.2. The molecule has 30 heavy (non-hydrogen) atoms. The van der Waals surface area contributed by atoms with Gasteiger partial charge in [-0.3, -0.25) is 14.4 Å². The normalized spacial score (nSPS) is 13.8. The maximum Gasteiger partial charge on any atom is 0.262 e. The monoisotopic (exact) mass is 406 g/mol. The molecule has 8 nitrogen and oxygen atoms in total. The van der Waals surface area contributed by atoms with Crippen LogP contribution in [0.3, 0.4) is 0 Å². The molecule has 3 aromatic rings. The minimum absolute atomic E-state index is 0.0584. The van der Waals surface area contributed by atoms with Crippen molar-refractivity contribution in [1.29, 1.82) is 0 Å². The molecule has 0 radical (unpaired) electrons. The molecule has 2 N–H and O–H groups in total. The van der Waals surface area contributed by atoms with E-state index in [2.05, 4.69) is 10.6 Å². The van der Waals surface area contributed by atoms with E-state index in [1.807, 2.05) is 42.1 Å². The van der Waals surface area contributed by atoms with E-state index in [4.69, 9.17) is 4.74 Å². The van der Waals surface area contributed by atoms with Gasteiger partial charge in [0, 0.05) is 43.0 Å². The number of carbonyl (C=O) groups excluding carboxylic acids is 3. The molecular weight excluding hydrogens is 384 g/mol. The molecule has 3 amide bonds. The molecule has 2 heterocycles. The van der Waals surface area contributed by atoms with E-state index in [1.54, 1.807) is 24.3 Å². The molecular formula is C22H22N4O4. The highest BCUT2D eigenvalue weighted by atomic mass is 16.5. The maximum atomic E-state index is 12.5. The van der Waals surface area contributed by atoms with Gasteiger partial charge >= 0.3 is 0 Å². The number of hydrogen-bond acceptors (Lipinski definition) is 4. The van der Waals surface area contributed by atoms with E-state index in [0.717, 1.165) is 10.9 Å². The average Bonchev–Trinajstić information content (AvgIpc) is 3.14. The molecule has 1 fully saturated rings. The second kappa shape index (κ2) is 8.28. The summed E-state index contributed by atoms with van der Waals surface area (Å²) in [4.78, 5) is 37.7. The summed E-state index contributed by atoms with van der Waals surface area (Å²) in [7, 11) is 1.95. The molecule has 0 aliphatic carbocycles. The molecule has 8 heteroatoms. The van der Waals surface area contributed by atoms with Gasteiger partial charge in [0.25, 0.3) is 11.8 Å². The lowest BCUT2D eigenvalue weighted by Crippen LogP contribution is -2.49. The Morgan fingerprint density at radius 3 is 2.70 bits per heavy atom. The average molecular weight is 406 g/mol. The standard InChI is InChI=1S/C22H22N4O4/c1-25-11-9-17-18(25)3-2-4-19(17)30-14-21(28)24-16-7-5-15(6-8-16)22(29)26-12-10-23-20(27)13-26/h2-9,11H,10,12-14H2,1H3,(H,23,27)(H,24,28). The van der Waals surface area contributed by atoms with E-state index >= 15 is 0 Å². The second-order valence-electron chi connectivity index (χ2n) is 7.11. The number of hydrogen-bond donors (Lipinski definition) is 2. The number of fused-ring (bicyclic) bond motifs is 1. The summed E-state index contributed by atoms with van der Waals surface area (Å²) in [5.74, 6) is -0.0174. The Morgan fingerprint density at radius 2 is 1.93 bits per heavy atom. The highest BCUT2D eigenvalue weighted by Gasteiger charge is 2.22. The number of anilines is 1. The summed E-state index contributed by atoms with van der Waals surface area (Å²) < 4.78 is 7.68. The number of nitrogens with zero attached hydrogens (tertiary/aromatic N) is 2. The van der Waals surface area contributed by atoms with Gasteiger partial charge in [0.15, 0.2) is 6.61 Å². The fourth-order valence-electron chi connectivity index (χ4n) is 3.43. The molecule has 4 rings (SSSR count). The smallest absolute Gasteiger partial charge is 0.262 e. The van der Waals surface area contributed by atoms with Gasteiger partial charge in [-0.25, -0.2) is 0 Å². The largest absolute Gasteiger partial charge is 0.483 e. The van der Waals surface area contributed by atoms with Crippen molar-refractivity contribution in [3.05, 3.63) is 60.3 Å². The third-order valence-electron chi connectivity index (χ3n) is 4.99. The Morgan fingerprint density at radius 1 is 1.13 bits per heavy atom. The first kappa shape index (κ1) is 19.5. The Balaban J connectivity index is 1.34. The number of piperazine rings is 1. The zero-order chi connectivity index (χ0) is 21.1. The maximum absolute atomic E-state index is 12.5. The van der Waals surface area contributed by atoms with Crippen LogP contribution in [0.25, 0.3) is 10.9 Å². The molecule has 1 saturated heterocycles. The van der Waals surface area contributed by atoms with Gasteiger partial charge < -0.3 is 24.8 Å². The minimum Gasteiger partial charge on any atom is -0.483 e. The minimum atomic E-state index is -0.297. The number of benzene rings is 2. The fraction of sp³-hybridized carbons (Fsp3) is 0.227. The van der Waals surface area contributed by atoms with Crippen molar-refractivity contribution >= 4 is 34.3 Å². The molecule has 1 aliphatic rings. The van der Waals surface area contributed by atoms with Crippen LogP contribution < -0.4 is 15.4 Å². The molecule has 1 aromatic heterocycles. The van der Waals surface area contributed by atoms with Crippen molar-refractivity contribution in [3.8, 4) is 5.75 Å². The zero-order valence-corrected chi connectivity index (χ0v) is 16.6. The number of ether oxygens (including phenoxy) is 1. The van der Waals surface area contributed by atoms with E-state index in [1.165, 1.54) is 4.90 Å². The van der Waals surface area contributed by atoms with Gasteiger partial charge in [-0.1, -0.05) is 6.07 Å². The van der Waals surface area contributed by atoms with Crippen LogP contribution in [0.5, 0.6) is 5.75 Å². The van der Waals surface area contributed by atoms with E-state index in [0.29, 0.717) is 30.1 Å². The number of aryl methyl sites for hydroxylation is 1. The first-order valence-electron chi connectivity index (χ1n) is 9.64. The number of nitrogens with one attached hydrogen (secondary N) is 2. The SMILES string of the molecule is Cn1ccc2c(OCC(=O)Nc3ccc(C(=O)N4CCNC(=O)C4)cc3)cccc21. The van der Waals surface area contributed by atoms with Crippen molar-refractivity contribution in [2.45, 2.75) is 0 Å². The quantitative estimate of drug-likeness (QED) is 0.675. The molecule has 0 bridgehead atoms. The summed E-state index contributed by atoms with van der Waals surface area (Å²) in [6.07, 6.45) is 1.94. The lowest BCUT2D eigenvalue weighted by Gasteiger charge is -2.26. The van der Waals surface area contributed by atoms with E-state index in [9.17, 15) is 14.4 Å². The fourth-order valence-corrected chi connectivity index (χ4v) is 3.43. The highest BCUT2D eigenvalue weighted by Crippen LogP contribution is 2.26. The Hall–Kier alpha value is -3.81. The number of amides is 3. The second-order valence-corrected chi connectivity index (χ2v) is 7.11. The van der Waals surface area contributed by atoms with Crippen LogP contribution in [0.15, 0.2) is 54.7 Å². The number of aromatic nitrogens is 1. The van der Waals surface area contributed by atoms with Crippen molar-refractivity contribution in [3.63, 3.8) is 0 Å². The first-order valence-corrected chi connectivity index (χ1v) is 9.64. The van der Waals surface area contributed by atoms with Crippen LogP contribution in [0.2, 0.25) is 0 Å². The predicted octanol–water partition coefficient (Wildman–Crippen LogP) is 1.77.